The fourth-order valence-electron chi connectivity index (χ4n) is 3.48. The Hall–Kier alpha value is -2.95. The van der Waals surface area contributed by atoms with Crippen LogP contribution in [0.2, 0.25) is 0 Å². The number of anilines is 1. The molecular formula is C20H21N3O2. The summed E-state index contributed by atoms with van der Waals surface area (Å²) in [4.78, 5) is 20.3. The standard InChI is InChI=1S/C20H21N3O2/c1-25-19-8-3-2-7-18(19)22-11-13-23(14-12-22)20(24)16-5-4-6-17-15(16)9-10-21-17/h2-10,21H,11-14H2,1H3. The molecule has 1 saturated heterocycles. The Morgan fingerprint density at radius 1 is 1.00 bits per heavy atom. The van der Waals surface area contributed by atoms with Gasteiger partial charge in [0.1, 0.15) is 5.75 Å². The zero-order chi connectivity index (χ0) is 17.2. The Morgan fingerprint density at radius 2 is 1.80 bits per heavy atom. The van der Waals surface area contributed by atoms with Crippen molar-refractivity contribution in [3.63, 3.8) is 0 Å². The Morgan fingerprint density at radius 3 is 2.60 bits per heavy atom. The second kappa shape index (κ2) is 6.51. The van der Waals surface area contributed by atoms with E-state index in [0.717, 1.165) is 41.0 Å². The number of nitrogens with zero attached hydrogens (tertiary/aromatic N) is 2. The highest BCUT2D eigenvalue weighted by Gasteiger charge is 2.24. The number of aromatic nitrogens is 1. The number of piperazine rings is 1. The molecule has 0 spiro atoms. The number of benzene rings is 2. The molecule has 0 unspecified atom stereocenters. The number of hydrogen-bond donors (Lipinski definition) is 1. The molecule has 25 heavy (non-hydrogen) atoms. The monoisotopic (exact) mass is 335 g/mol. The summed E-state index contributed by atoms with van der Waals surface area (Å²) < 4.78 is 5.46. The van der Waals surface area contributed by atoms with Gasteiger partial charge in [-0.2, -0.15) is 0 Å². The first kappa shape index (κ1) is 15.6. The van der Waals surface area contributed by atoms with Gasteiger partial charge in [-0.25, -0.2) is 0 Å². The van der Waals surface area contributed by atoms with Crippen LogP contribution in [0.4, 0.5) is 5.69 Å². The lowest BCUT2D eigenvalue weighted by molar-refractivity contribution is 0.0748. The molecule has 5 nitrogen and oxygen atoms in total. The van der Waals surface area contributed by atoms with E-state index in [9.17, 15) is 4.79 Å². The fourth-order valence-corrected chi connectivity index (χ4v) is 3.48. The molecule has 128 valence electrons. The van der Waals surface area contributed by atoms with Crippen LogP contribution in [0.5, 0.6) is 5.75 Å². The van der Waals surface area contributed by atoms with Crippen molar-refractivity contribution in [3.05, 3.63) is 60.3 Å². The summed E-state index contributed by atoms with van der Waals surface area (Å²) in [5.74, 6) is 0.976. The van der Waals surface area contributed by atoms with E-state index in [0.29, 0.717) is 13.1 Å². The number of carbonyl (C=O) groups is 1. The molecule has 1 amide bonds. The molecule has 0 saturated carbocycles. The summed E-state index contributed by atoms with van der Waals surface area (Å²) in [5, 5.41) is 0.986. The lowest BCUT2D eigenvalue weighted by Gasteiger charge is -2.36. The summed E-state index contributed by atoms with van der Waals surface area (Å²) in [5.41, 5.74) is 2.85. The summed E-state index contributed by atoms with van der Waals surface area (Å²) in [7, 11) is 1.69. The van der Waals surface area contributed by atoms with Crippen molar-refractivity contribution < 1.29 is 9.53 Å². The van der Waals surface area contributed by atoms with E-state index in [1.54, 1.807) is 7.11 Å². The van der Waals surface area contributed by atoms with Gasteiger partial charge < -0.3 is 19.5 Å². The Balaban J connectivity index is 1.50. The van der Waals surface area contributed by atoms with Gasteiger partial charge in [0.15, 0.2) is 0 Å². The van der Waals surface area contributed by atoms with Gasteiger partial charge >= 0.3 is 0 Å². The van der Waals surface area contributed by atoms with E-state index in [4.69, 9.17) is 4.74 Å². The number of H-pyrrole nitrogens is 1. The number of amides is 1. The summed E-state index contributed by atoms with van der Waals surface area (Å²) >= 11 is 0. The third-order valence-electron chi connectivity index (χ3n) is 4.82. The zero-order valence-corrected chi connectivity index (χ0v) is 14.2. The lowest BCUT2D eigenvalue weighted by atomic mass is 10.1. The Labute approximate surface area is 146 Å². The summed E-state index contributed by atoms with van der Waals surface area (Å²) in [6, 6.07) is 15.8. The Bertz CT molecular complexity index is 895. The maximum absolute atomic E-state index is 12.9. The number of methoxy groups -OCH3 is 1. The maximum Gasteiger partial charge on any atom is 0.254 e. The summed E-state index contributed by atoms with van der Waals surface area (Å²) in [6.07, 6.45) is 1.88. The molecule has 1 aliphatic heterocycles. The molecule has 1 fully saturated rings. The minimum atomic E-state index is 0.102. The second-order valence-corrected chi connectivity index (χ2v) is 6.20. The van der Waals surface area contributed by atoms with Crippen molar-refractivity contribution in [2.45, 2.75) is 0 Å². The highest BCUT2D eigenvalue weighted by molar-refractivity contribution is 6.06. The van der Waals surface area contributed by atoms with Gasteiger partial charge in [0.25, 0.3) is 5.91 Å². The molecule has 5 heteroatoms. The molecule has 0 bridgehead atoms. The molecule has 1 aromatic heterocycles. The average Bonchev–Trinajstić information content (AvgIpc) is 3.16. The van der Waals surface area contributed by atoms with Crippen LogP contribution in [-0.4, -0.2) is 49.1 Å². The topological polar surface area (TPSA) is 48.6 Å². The number of rotatable bonds is 3. The van der Waals surface area contributed by atoms with Crippen molar-refractivity contribution >= 4 is 22.5 Å². The van der Waals surface area contributed by atoms with Gasteiger partial charge in [0.2, 0.25) is 0 Å². The predicted molar refractivity (Wildman–Crippen MR) is 99.4 cm³/mol. The number of aromatic amines is 1. The minimum Gasteiger partial charge on any atom is -0.495 e. The highest BCUT2D eigenvalue weighted by Crippen LogP contribution is 2.28. The van der Waals surface area contributed by atoms with Crippen molar-refractivity contribution in [2.75, 3.05) is 38.2 Å². The zero-order valence-electron chi connectivity index (χ0n) is 14.2. The number of carbonyl (C=O) groups excluding carboxylic acids is 1. The molecule has 1 N–H and O–H groups in total. The SMILES string of the molecule is COc1ccccc1N1CCN(C(=O)c2cccc3[nH]ccc23)CC1. The number of nitrogens with one attached hydrogen (secondary N) is 1. The van der Waals surface area contributed by atoms with Crippen molar-refractivity contribution in [3.8, 4) is 5.75 Å². The first-order chi connectivity index (χ1) is 12.3. The van der Waals surface area contributed by atoms with Gasteiger partial charge in [0.05, 0.1) is 12.8 Å². The number of para-hydroxylation sites is 2. The lowest BCUT2D eigenvalue weighted by Crippen LogP contribution is -2.48. The molecule has 1 aliphatic rings. The van der Waals surface area contributed by atoms with E-state index in [2.05, 4.69) is 16.0 Å². The minimum absolute atomic E-state index is 0.102. The van der Waals surface area contributed by atoms with Gasteiger partial charge in [-0.3, -0.25) is 4.79 Å². The number of hydrogen-bond acceptors (Lipinski definition) is 3. The second-order valence-electron chi connectivity index (χ2n) is 6.20. The number of fused-ring (bicyclic) bond motifs is 1. The van der Waals surface area contributed by atoms with Crippen LogP contribution in [0.25, 0.3) is 10.9 Å². The van der Waals surface area contributed by atoms with Crippen LogP contribution in [0.15, 0.2) is 54.7 Å². The third kappa shape index (κ3) is 2.82. The Kier molecular flexibility index (Phi) is 4.06. The van der Waals surface area contributed by atoms with Gasteiger partial charge in [-0.05, 0) is 30.3 Å². The molecule has 2 aromatic carbocycles. The molecule has 2 heterocycles. The van der Waals surface area contributed by atoms with Crippen LogP contribution in [-0.2, 0) is 0 Å². The molecule has 0 atom stereocenters. The van der Waals surface area contributed by atoms with E-state index < -0.39 is 0 Å². The van der Waals surface area contributed by atoms with Gasteiger partial charge in [-0.15, -0.1) is 0 Å². The first-order valence-electron chi connectivity index (χ1n) is 8.51. The largest absolute Gasteiger partial charge is 0.495 e. The predicted octanol–water partition coefficient (Wildman–Crippen LogP) is 3.14. The van der Waals surface area contributed by atoms with Crippen LogP contribution in [0.1, 0.15) is 10.4 Å². The van der Waals surface area contributed by atoms with Crippen LogP contribution < -0.4 is 9.64 Å². The third-order valence-corrected chi connectivity index (χ3v) is 4.82. The van der Waals surface area contributed by atoms with Crippen molar-refractivity contribution in [1.82, 2.24) is 9.88 Å². The molecule has 4 rings (SSSR count). The first-order valence-corrected chi connectivity index (χ1v) is 8.51. The van der Waals surface area contributed by atoms with Crippen molar-refractivity contribution in [1.29, 1.82) is 0 Å². The average molecular weight is 335 g/mol. The maximum atomic E-state index is 12.9. The van der Waals surface area contributed by atoms with E-state index >= 15 is 0 Å². The fraction of sp³-hybridized carbons (Fsp3) is 0.250. The highest BCUT2D eigenvalue weighted by atomic mass is 16.5. The van der Waals surface area contributed by atoms with Gasteiger partial charge in [-0.1, -0.05) is 18.2 Å². The van der Waals surface area contributed by atoms with E-state index in [-0.39, 0.29) is 5.91 Å². The van der Waals surface area contributed by atoms with E-state index in [1.165, 1.54) is 0 Å². The normalized spacial score (nSPS) is 14.8. The molecular weight excluding hydrogens is 314 g/mol. The summed E-state index contributed by atoms with van der Waals surface area (Å²) in [6.45, 7) is 3.01. The smallest absolute Gasteiger partial charge is 0.254 e. The van der Waals surface area contributed by atoms with E-state index in [1.807, 2.05) is 53.6 Å². The molecule has 0 aliphatic carbocycles. The quantitative estimate of drug-likeness (QED) is 0.800. The van der Waals surface area contributed by atoms with Gasteiger partial charge in [0, 0.05) is 48.8 Å². The van der Waals surface area contributed by atoms with Crippen LogP contribution in [0.3, 0.4) is 0 Å². The van der Waals surface area contributed by atoms with Crippen LogP contribution in [0, 0.1) is 0 Å². The molecule has 3 aromatic rings. The molecule has 0 radical (unpaired) electrons. The van der Waals surface area contributed by atoms with Crippen molar-refractivity contribution in [2.24, 2.45) is 0 Å². The number of ether oxygens (including phenoxy) is 1. The van der Waals surface area contributed by atoms with Crippen LogP contribution >= 0.6 is 0 Å².